The Kier molecular flexibility index (Phi) is 10.2. The minimum Gasteiger partial charge on any atom is -0.459 e. The number of carbonyl (C=O) groups excluding carboxylic acids is 5. The van der Waals surface area contributed by atoms with Gasteiger partial charge < -0.3 is 38.6 Å². The number of ether oxygens (including phenoxy) is 6. The van der Waals surface area contributed by atoms with E-state index in [0.717, 1.165) is 32.1 Å². The smallest absolute Gasteiger partial charge is 0.314 e. The lowest BCUT2D eigenvalue weighted by Crippen LogP contribution is -2.67. The van der Waals surface area contributed by atoms with Gasteiger partial charge in [0, 0.05) is 32.1 Å². The molecule has 0 spiro atoms. The molecule has 8 saturated carbocycles. The molecule has 8 aliphatic carbocycles. The van der Waals surface area contributed by atoms with Gasteiger partial charge in [-0.05, 0) is 122 Å². The second-order valence-corrected chi connectivity index (χ2v) is 21.1. The van der Waals surface area contributed by atoms with E-state index >= 15 is 0 Å². The average Bonchev–Trinajstić information content (AvgIpc) is 3.28. The molecule has 10 fully saturated rings. The summed E-state index contributed by atoms with van der Waals surface area (Å²) < 4.78 is 36.1. The van der Waals surface area contributed by atoms with Crippen molar-refractivity contribution in [3.8, 4) is 0 Å². The predicted molar refractivity (Wildman–Crippen MR) is 200 cm³/mol. The van der Waals surface area contributed by atoms with E-state index in [1.165, 1.54) is 0 Å². The molecule has 13 nitrogen and oxygen atoms in total. The van der Waals surface area contributed by atoms with Crippen LogP contribution in [0.1, 0.15) is 157 Å². The number of hydrogen-bond donors (Lipinski definition) is 2. The number of esters is 5. The number of hydrogen-bond acceptors (Lipinski definition) is 13. The molecule has 9 atom stereocenters. The third-order valence-corrected chi connectivity index (χ3v) is 15.6. The summed E-state index contributed by atoms with van der Waals surface area (Å²) in [6.07, 6.45) is 8.97. The molecule has 2 heterocycles. The van der Waals surface area contributed by atoms with Crippen molar-refractivity contribution in [1.29, 1.82) is 0 Å². The molecule has 0 aromatic heterocycles. The Balaban J connectivity index is 0.995. The predicted octanol–water partition coefficient (Wildman–Crippen LogP) is 5.77. The van der Waals surface area contributed by atoms with Gasteiger partial charge in [-0.15, -0.1) is 0 Å². The van der Waals surface area contributed by atoms with Gasteiger partial charge in [-0.1, -0.05) is 13.8 Å². The molecular formula is C44H64O13. The molecule has 0 aromatic carbocycles. The van der Waals surface area contributed by atoms with Gasteiger partial charge >= 0.3 is 29.8 Å². The van der Waals surface area contributed by atoms with Crippen molar-refractivity contribution in [1.82, 2.24) is 0 Å². The zero-order chi connectivity index (χ0) is 40.8. The molecule has 2 N–H and O–H groups in total. The molecule has 10 aliphatic rings. The summed E-state index contributed by atoms with van der Waals surface area (Å²) in [5.74, 6) is -4.26. The minimum absolute atomic E-state index is 0.00822. The van der Waals surface area contributed by atoms with Crippen molar-refractivity contribution in [3.63, 3.8) is 0 Å². The van der Waals surface area contributed by atoms with E-state index in [2.05, 4.69) is 0 Å². The lowest BCUT2D eigenvalue weighted by molar-refractivity contribution is -0.263. The van der Waals surface area contributed by atoms with Crippen molar-refractivity contribution < 1.29 is 62.6 Å². The number of rotatable bonds is 13. The van der Waals surface area contributed by atoms with E-state index in [0.29, 0.717) is 58.0 Å². The third kappa shape index (κ3) is 7.75. The van der Waals surface area contributed by atoms with E-state index in [-0.39, 0.29) is 62.2 Å². The first-order valence-electron chi connectivity index (χ1n) is 21.8. The van der Waals surface area contributed by atoms with Crippen LogP contribution in [-0.4, -0.2) is 86.6 Å². The summed E-state index contributed by atoms with van der Waals surface area (Å²) in [5.41, 5.74) is -7.08. The molecule has 9 unspecified atom stereocenters. The molecule has 2 saturated heterocycles. The highest BCUT2D eigenvalue weighted by atomic mass is 16.7. The Morgan fingerprint density at radius 3 is 1.96 bits per heavy atom. The van der Waals surface area contributed by atoms with E-state index in [1.54, 1.807) is 27.7 Å². The first-order chi connectivity index (χ1) is 26.7. The minimum atomic E-state index is -1.21. The largest absolute Gasteiger partial charge is 0.459 e. The zero-order valence-corrected chi connectivity index (χ0v) is 34.6. The maximum atomic E-state index is 14.5. The van der Waals surface area contributed by atoms with Crippen LogP contribution in [0.25, 0.3) is 0 Å². The van der Waals surface area contributed by atoms with Gasteiger partial charge in [-0.25, -0.2) is 0 Å². The van der Waals surface area contributed by atoms with Gasteiger partial charge in [0.2, 0.25) is 6.29 Å². The molecule has 10 rings (SSSR count). The standard InChI is InChI=1S/C44H64O13/c1-6-30(35(47)56-43-18-27-12-28(19-43)15-40(14-27,22-43)37(49)53-33-9-7-8-10-52-33)13-31(11-26(2)34(46)55-39(5)21-32(45)54-38(39,3)4)36(48)57-44-20-29-16-41(50,24-44)23-42(51,17-29)25-44/h26-31,33,50-51H,6-25H2,1-5H3. The van der Waals surface area contributed by atoms with E-state index in [1.807, 2.05) is 6.92 Å². The van der Waals surface area contributed by atoms with Crippen molar-refractivity contribution in [3.05, 3.63) is 0 Å². The molecule has 0 amide bonds. The highest BCUT2D eigenvalue weighted by Gasteiger charge is 2.66. The number of carbonyl (C=O) groups is 5. The van der Waals surface area contributed by atoms with Crippen molar-refractivity contribution in [2.24, 2.45) is 40.9 Å². The Bertz CT molecular complexity index is 1620. The fourth-order valence-corrected chi connectivity index (χ4v) is 13.5. The van der Waals surface area contributed by atoms with Crippen molar-refractivity contribution in [2.75, 3.05) is 6.61 Å². The summed E-state index contributed by atoms with van der Waals surface area (Å²) in [6, 6.07) is 0. The van der Waals surface area contributed by atoms with E-state index < -0.39 is 86.9 Å². The highest BCUT2D eigenvalue weighted by molar-refractivity contribution is 5.80. The van der Waals surface area contributed by atoms with E-state index in [9.17, 15) is 34.2 Å². The summed E-state index contributed by atoms with van der Waals surface area (Å²) in [4.78, 5) is 68.7. The monoisotopic (exact) mass is 800 g/mol. The Labute approximate surface area is 335 Å². The van der Waals surface area contributed by atoms with Crippen LogP contribution in [-0.2, 0) is 52.4 Å². The van der Waals surface area contributed by atoms with Crippen LogP contribution in [0.3, 0.4) is 0 Å². The summed E-state index contributed by atoms with van der Waals surface area (Å²) in [5, 5.41) is 22.8. The lowest BCUT2D eigenvalue weighted by Gasteiger charge is -2.62. The van der Waals surface area contributed by atoms with Gasteiger partial charge in [0.25, 0.3) is 0 Å². The van der Waals surface area contributed by atoms with Crippen LogP contribution in [0.15, 0.2) is 0 Å². The molecule has 0 radical (unpaired) electrons. The maximum absolute atomic E-state index is 14.5. The molecule has 2 aliphatic heterocycles. The first kappa shape index (κ1) is 41.0. The van der Waals surface area contributed by atoms with Crippen LogP contribution in [0.2, 0.25) is 0 Å². The summed E-state index contributed by atoms with van der Waals surface area (Å²) >= 11 is 0. The van der Waals surface area contributed by atoms with Crippen LogP contribution >= 0.6 is 0 Å². The van der Waals surface area contributed by atoms with Gasteiger partial charge in [-0.3, -0.25) is 24.0 Å². The van der Waals surface area contributed by atoms with Crippen molar-refractivity contribution >= 4 is 29.8 Å². The third-order valence-electron chi connectivity index (χ3n) is 15.6. The maximum Gasteiger partial charge on any atom is 0.314 e. The second-order valence-electron chi connectivity index (χ2n) is 21.1. The Morgan fingerprint density at radius 1 is 0.754 bits per heavy atom. The van der Waals surface area contributed by atoms with Gasteiger partial charge in [0.05, 0.1) is 47.4 Å². The molecular weight excluding hydrogens is 736 g/mol. The number of aliphatic hydroxyl groups is 2. The second kappa shape index (κ2) is 14.2. The SMILES string of the molecule is CCC(CC(CC(C)C(=O)OC1(C)CC(=O)OC1(C)C)C(=O)OC12CC3CC(O)(CC(O)(C3)C1)C2)C(=O)OC12CC3CC(C1)CC(C(=O)OC1CCCCO1)(C3)C2. The van der Waals surface area contributed by atoms with Gasteiger partial charge in [0.1, 0.15) is 16.8 Å². The van der Waals surface area contributed by atoms with Crippen LogP contribution in [0.5, 0.6) is 0 Å². The van der Waals surface area contributed by atoms with Crippen LogP contribution in [0, 0.1) is 40.9 Å². The molecule has 318 valence electrons. The zero-order valence-electron chi connectivity index (χ0n) is 34.6. The molecule has 0 aromatic rings. The van der Waals surface area contributed by atoms with Crippen molar-refractivity contribution in [2.45, 2.75) is 197 Å². The number of cyclic esters (lactones) is 1. The average molecular weight is 801 g/mol. The fourth-order valence-electron chi connectivity index (χ4n) is 13.5. The molecule has 13 heteroatoms. The summed E-state index contributed by atoms with van der Waals surface area (Å²) in [7, 11) is 0. The Morgan fingerprint density at radius 2 is 1.39 bits per heavy atom. The van der Waals surface area contributed by atoms with E-state index in [4.69, 9.17) is 28.4 Å². The Hall–Kier alpha value is -2.77. The highest BCUT2D eigenvalue weighted by Crippen LogP contribution is 2.64. The van der Waals surface area contributed by atoms with Crippen LogP contribution in [0.4, 0.5) is 0 Å². The normalized spacial score (nSPS) is 43.8. The molecule has 8 bridgehead atoms. The lowest BCUT2D eigenvalue weighted by atomic mass is 9.48. The summed E-state index contributed by atoms with van der Waals surface area (Å²) in [6.45, 7) is 9.17. The first-order valence-corrected chi connectivity index (χ1v) is 21.8. The topological polar surface area (TPSA) is 181 Å². The van der Waals surface area contributed by atoms with Gasteiger partial charge in [0.15, 0.2) is 5.60 Å². The van der Waals surface area contributed by atoms with Gasteiger partial charge in [-0.2, -0.15) is 0 Å². The molecule has 57 heavy (non-hydrogen) atoms. The van der Waals surface area contributed by atoms with Crippen LogP contribution < -0.4 is 0 Å². The quantitative estimate of drug-likeness (QED) is 0.170. The fraction of sp³-hybridized carbons (Fsp3) is 0.886.